The molecule has 0 spiro atoms. The first-order valence-corrected chi connectivity index (χ1v) is 7.56. The summed E-state index contributed by atoms with van der Waals surface area (Å²) in [5.41, 5.74) is 1.76. The van der Waals surface area contributed by atoms with Gasteiger partial charge in [0, 0.05) is 20.0 Å². The molecule has 0 fully saturated rings. The van der Waals surface area contributed by atoms with Gasteiger partial charge in [0.1, 0.15) is 5.82 Å². The van der Waals surface area contributed by atoms with Crippen LogP contribution in [0.3, 0.4) is 0 Å². The predicted molar refractivity (Wildman–Crippen MR) is 86.0 cm³/mol. The van der Waals surface area contributed by atoms with Crippen molar-refractivity contribution < 1.29 is 13.7 Å². The summed E-state index contributed by atoms with van der Waals surface area (Å²) in [5.74, 6) is -0.795. The molecule has 130 valence electrons. The van der Waals surface area contributed by atoms with Crippen molar-refractivity contribution in [1.29, 1.82) is 0 Å². The lowest BCUT2D eigenvalue weighted by molar-refractivity contribution is 0.0795. The topological polar surface area (TPSA) is 97.0 Å². The summed E-state index contributed by atoms with van der Waals surface area (Å²) in [7, 11) is 1.65. The molecular weight excluding hydrogens is 329 g/mol. The summed E-state index contributed by atoms with van der Waals surface area (Å²) in [5, 5.41) is 7.77. The zero-order valence-electron chi connectivity index (χ0n) is 13.7. The zero-order chi connectivity index (χ0) is 18.0. The maximum absolute atomic E-state index is 13.0. The second-order valence-corrected chi connectivity index (χ2v) is 5.55. The first-order chi connectivity index (χ1) is 12.0. The number of amides is 1. The van der Waals surface area contributed by atoms with Gasteiger partial charge in [0.25, 0.3) is 5.91 Å². The van der Waals surface area contributed by atoms with Crippen LogP contribution in [0.4, 0.5) is 4.39 Å². The van der Waals surface area contributed by atoms with E-state index in [1.54, 1.807) is 30.8 Å². The Morgan fingerprint density at radius 2 is 2.08 bits per heavy atom. The van der Waals surface area contributed by atoms with Crippen molar-refractivity contribution in [3.8, 4) is 5.69 Å². The fourth-order valence-electron chi connectivity index (χ4n) is 2.41. The van der Waals surface area contributed by atoms with E-state index in [-0.39, 0.29) is 11.7 Å². The molecular formula is C16H16FN5O3. The van der Waals surface area contributed by atoms with Crippen LogP contribution in [0.25, 0.3) is 5.69 Å². The molecule has 2 aromatic heterocycles. The molecule has 3 rings (SSSR count). The van der Waals surface area contributed by atoms with Gasteiger partial charge < -0.3 is 4.90 Å². The molecule has 0 bridgehead atoms. The van der Waals surface area contributed by atoms with Gasteiger partial charge >= 0.3 is 5.76 Å². The summed E-state index contributed by atoms with van der Waals surface area (Å²) >= 11 is 0. The third-order valence-corrected chi connectivity index (χ3v) is 3.83. The molecule has 2 heterocycles. The van der Waals surface area contributed by atoms with Crippen molar-refractivity contribution in [3.05, 3.63) is 63.9 Å². The Bertz CT molecular complexity index is 941. The Balaban J connectivity index is 1.73. The van der Waals surface area contributed by atoms with Gasteiger partial charge in [-0.3, -0.25) is 14.3 Å². The highest BCUT2D eigenvalue weighted by Crippen LogP contribution is 2.16. The maximum Gasteiger partial charge on any atom is 0.438 e. The standard InChI is InChI=1S/C16H16FN5O3/c1-10-13(9-18-22(10)12-5-3-11(17)4-6-12)15(23)21(2)8-7-14-19-16(24)25-20-14/h3-6,9H,7-8H2,1-2H3,(H,19,20,24). The molecule has 1 aromatic carbocycles. The summed E-state index contributed by atoms with van der Waals surface area (Å²) in [6.45, 7) is 2.12. The van der Waals surface area contributed by atoms with E-state index in [2.05, 4.69) is 19.8 Å². The van der Waals surface area contributed by atoms with Gasteiger partial charge in [-0.25, -0.2) is 13.9 Å². The molecule has 1 N–H and O–H groups in total. The number of carbonyl (C=O) groups is 1. The lowest BCUT2D eigenvalue weighted by atomic mass is 10.2. The molecule has 0 radical (unpaired) electrons. The minimum atomic E-state index is -0.625. The van der Waals surface area contributed by atoms with Crippen molar-refractivity contribution in [2.24, 2.45) is 0 Å². The molecule has 0 atom stereocenters. The molecule has 9 heteroatoms. The quantitative estimate of drug-likeness (QED) is 0.752. The van der Waals surface area contributed by atoms with Crippen LogP contribution in [0.2, 0.25) is 0 Å². The molecule has 3 aromatic rings. The summed E-state index contributed by atoms with van der Waals surface area (Å²) in [6, 6.07) is 5.86. The fraction of sp³-hybridized carbons (Fsp3) is 0.250. The van der Waals surface area contributed by atoms with Gasteiger partial charge in [-0.05, 0) is 31.2 Å². The van der Waals surface area contributed by atoms with Crippen molar-refractivity contribution in [2.45, 2.75) is 13.3 Å². The summed E-state index contributed by atoms with van der Waals surface area (Å²) in [4.78, 5) is 27.4. The number of hydrogen-bond acceptors (Lipinski definition) is 5. The van der Waals surface area contributed by atoms with E-state index >= 15 is 0 Å². The molecule has 25 heavy (non-hydrogen) atoms. The van der Waals surface area contributed by atoms with Gasteiger partial charge in [0.2, 0.25) is 0 Å². The number of H-pyrrole nitrogens is 1. The fourth-order valence-corrected chi connectivity index (χ4v) is 2.41. The van der Waals surface area contributed by atoms with Crippen LogP contribution in [-0.4, -0.2) is 44.3 Å². The first-order valence-electron chi connectivity index (χ1n) is 7.56. The first kappa shape index (κ1) is 16.6. The van der Waals surface area contributed by atoms with Crippen LogP contribution in [0.5, 0.6) is 0 Å². The number of aromatic amines is 1. The summed E-state index contributed by atoms with van der Waals surface area (Å²) < 4.78 is 19.0. The van der Waals surface area contributed by atoms with E-state index in [1.165, 1.54) is 23.2 Å². The van der Waals surface area contributed by atoms with Crippen LogP contribution in [0, 0.1) is 12.7 Å². The highest BCUT2D eigenvalue weighted by atomic mass is 19.1. The van der Waals surface area contributed by atoms with Gasteiger partial charge in [-0.15, -0.1) is 0 Å². The number of carbonyl (C=O) groups excluding carboxylic acids is 1. The van der Waals surface area contributed by atoms with E-state index < -0.39 is 5.76 Å². The Morgan fingerprint density at radius 1 is 1.36 bits per heavy atom. The van der Waals surface area contributed by atoms with E-state index in [9.17, 15) is 14.0 Å². The molecule has 0 saturated heterocycles. The van der Waals surface area contributed by atoms with Crippen molar-refractivity contribution >= 4 is 5.91 Å². The van der Waals surface area contributed by atoms with Crippen molar-refractivity contribution in [1.82, 2.24) is 24.8 Å². The number of benzene rings is 1. The van der Waals surface area contributed by atoms with Crippen molar-refractivity contribution in [3.63, 3.8) is 0 Å². The Kier molecular flexibility index (Phi) is 4.46. The van der Waals surface area contributed by atoms with Crippen LogP contribution < -0.4 is 5.76 Å². The SMILES string of the molecule is Cc1c(C(=O)N(C)CCc2noc(=O)[nH]2)cnn1-c1ccc(F)cc1. The normalized spacial score (nSPS) is 10.8. The van der Waals surface area contributed by atoms with Gasteiger partial charge in [0.05, 0.1) is 23.1 Å². The largest absolute Gasteiger partial charge is 0.438 e. The second-order valence-electron chi connectivity index (χ2n) is 5.55. The number of nitrogens with zero attached hydrogens (tertiary/aromatic N) is 4. The lowest BCUT2D eigenvalue weighted by Crippen LogP contribution is -2.29. The maximum atomic E-state index is 13.0. The minimum absolute atomic E-state index is 0.211. The predicted octanol–water partition coefficient (Wildman–Crippen LogP) is 1.31. The zero-order valence-corrected chi connectivity index (χ0v) is 13.7. The number of rotatable bonds is 5. The highest BCUT2D eigenvalue weighted by Gasteiger charge is 2.19. The van der Waals surface area contributed by atoms with E-state index in [0.717, 1.165) is 0 Å². The molecule has 0 aliphatic carbocycles. The molecule has 1 amide bonds. The average molecular weight is 345 g/mol. The van der Waals surface area contributed by atoms with Crippen LogP contribution >= 0.6 is 0 Å². The second kappa shape index (κ2) is 6.71. The number of hydrogen-bond donors (Lipinski definition) is 1. The Labute approximate surface area is 141 Å². The number of aromatic nitrogens is 4. The minimum Gasteiger partial charge on any atom is -0.341 e. The van der Waals surface area contributed by atoms with E-state index in [4.69, 9.17) is 0 Å². The number of likely N-dealkylation sites (N-methyl/N-ethyl adjacent to an activating group) is 1. The molecule has 0 saturated carbocycles. The third kappa shape index (κ3) is 3.49. The molecule has 0 aliphatic heterocycles. The monoisotopic (exact) mass is 345 g/mol. The smallest absolute Gasteiger partial charge is 0.341 e. The van der Waals surface area contributed by atoms with E-state index in [1.807, 2.05) is 0 Å². The number of halogens is 1. The molecule has 0 unspecified atom stereocenters. The highest BCUT2D eigenvalue weighted by molar-refractivity contribution is 5.95. The molecule has 8 nitrogen and oxygen atoms in total. The van der Waals surface area contributed by atoms with Gasteiger partial charge in [0.15, 0.2) is 5.82 Å². The third-order valence-electron chi connectivity index (χ3n) is 3.83. The van der Waals surface area contributed by atoms with Gasteiger partial charge in [-0.2, -0.15) is 5.10 Å². The number of nitrogens with one attached hydrogen (secondary N) is 1. The van der Waals surface area contributed by atoms with E-state index in [0.29, 0.717) is 35.7 Å². The van der Waals surface area contributed by atoms with Crippen LogP contribution in [0.1, 0.15) is 21.9 Å². The van der Waals surface area contributed by atoms with Crippen LogP contribution in [0.15, 0.2) is 39.8 Å². The van der Waals surface area contributed by atoms with Crippen LogP contribution in [-0.2, 0) is 6.42 Å². The Morgan fingerprint density at radius 3 is 2.72 bits per heavy atom. The van der Waals surface area contributed by atoms with Crippen molar-refractivity contribution in [2.75, 3.05) is 13.6 Å². The molecule has 0 aliphatic rings. The van der Waals surface area contributed by atoms with Gasteiger partial charge in [-0.1, -0.05) is 5.16 Å². The Hall–Kier alpha value is -3.23. The lowest BCUT2D eigenvalue weighted by Gasteiger charge is -2.16. The summed E-state index contributed by atoms with van der Waals surface area (Å²) in [6.07, 6.45) is 1.84. The average Bonchev–Trinajstić information content (AvgIpc) is 3.18.